The third kappa shape index (κ3) is 3.19. The zero-order valence-electron chi connectivity index (χ0n) is 10.9. The number of aromatic nitrogens is 2. The van der Waals surface area contributed by atoms with Crippen molar-refractivity contribution in [3.63, 3.8) is 0 Å². The lowest BCUT2D eigenvalue weighted by molar-refractivity contribution is -0.389. The summed E-state index contributed by atoms with van der Waals surface area (Å²) in [4.78, 5) is 21.3. The third-order valence-corrected chi connectivity index (χ3v) is 2.66. The molecule has 104 valence electrons. The highest BCUT2D eigenvalue weighted by Crippen LogP contribution is 2.18. The van der Waals surface area contributed by atoms with Crippen molar-refractivity contribution in [3.05, 3.63) is 52.2 Å². The molecule has 2 rings (SSSR count). The summed E-state index contributed by atoms with van der Waals surface area (Å²) >= 11 is 0. The minimum Gasteiger partial charge on any atom is -0.491 e. The van der Waals surface area contributed by atoms with E-state index in [1.54, 1.807) is 24.3 Å². The van der Waals surface area contributed by atoms with Gasteiger partial charge in [-0.25, -0.2) is 0 Å². The van der Waals surface area contributed by atoms with Crippen LogP contribution >= 0.6 is 0 Å². The van der Waals surface area contributed by atoms with Crippen molar-refractivity contribution in [2.45, 2.75) is 13.5 Å². The van der Waals surface area contributed by atoms with Crippen molar-refractivity contribution in [3.8, 4) is 5.75 Å². The summed E-state index contributed by atoms with van der Waals surface area (Å²) in [6.07, 6.45) is 1.51. The maximum atomic E-state index is 11.4. The summed E-state index contributed by atoms with van der Waals surface area (Å²) in [7, 11) is 0. The van der Waals surface area contributed by atoms with E-state index in [4.69, 9.17) is 4.74 Å². The summed E-state index contributed by atoms with van der Waals surface area (Å²) in [5, 5.41) is 14.3. The van der Waals surface area contributed by atoms with Gasteiger partial charge in [0.2, 0.25) is 0 Å². The van der Waals surface area contributed by atoms with Crippen LogP contribution < -0.4 is 4.74 Å². The highest BCUT2D eigenvalue weighted by Gasteiger charge is 2.11. The number of Topliss-reactive ketones (excluding diaryl/α,β-unsaturated/α-hetero) is 1. The number of hydrogen-bond donors (Lipinski definition) is 0. The second-order valence-electron chi connectivity index (χ2n) is 4.09. The fourth-order valence-corrected chi connectivity index (χ4v) is 1.71. The van der Waals surface area contributed by atoms with Gasteiger partial charge in [0.1, 0.15) is 12.4 Å². The van der Waals surface area contributed by atoms with Crippen molar-refractivity contribution in [2.24, 2.45) is 0 Å². The first-order chi connectivity index (χ1) is 9.58. The Morgan fingerprint density at radius 1 is 1.40 bits per heavy atom. The topological polar surface area (TPSA) is 87.3 Å². The van der Waals surface area contributed by atoms with E-state index >= 15 is 0 Å². The predicted molar refractivity (Wildman–Crippen MR) is 70.8 cm³/mol. The minimum absolute atomic E-state index is 0.0738. The molecule has 0 N–H and O–H groups in total. The zero-order valence-corrected chi connectivity index (χ0v) is 10.9. The Kier molecular flexibility index (Phi) is 4.09. The molecule has 0 bridgehead atoms. The van der Waals surface area contributed by atoms with Crippen LogP contribution in [0, 0.1) is 10.1 Å². The highest BCUT2D eigenvalue weighted by atomic mass is 16.6. The van der Waals surface area contributed by atoms with E-state index in [0.717, 1.165) is 0 Å². The largest absolute Gasteiger partial charge is 0.491 e. The molecule has 0 aliphatic rings. The number of rotatable bonds is 6. The number of para-hydroxylation sites is 1. The van der Waals surface area contributed by atoms with E-state index in [1.165, 1.54) is 23.9 Å². The molecule has 0 saturated carbocycles. The van der Waals surface area contributed by atoms with Crippen LogP contribution in [0.4, 0.5) is 5.82 Å². The number of ketones is 1. The molecule has 1 aromatic heterocycles. The van der Waals surface area contributed by atoms with Crippen molar-refractivity contribution < 1.29 is 14.5 Å². The molecule has 0 unspecified atom stereocenters. The summed E-state index contributed by atoms with van der Waals surface area (Å²) in [5.74, 6) is 0.228. The lowest BCUT2D eigenvalue weighted by Crippen LogP contribution is -2.10. The van der Waals surface area contributed by atoms with Crippen LogP contribution in [0.2, 0.25) is 0 Å². The molecule has 0 fully saturated rings. The number of benzene rings is 1. The highest BCUT2D eigenvalue weighted by molar-refractivity contribution is 5.96. The van der Waals surface area contributed by atoms with Gasteiger partial charge in [0.25, 0.3) is 0 Å². The normalized spacial score (nSPS) is 10.2. The van der Waals surface area contributed by atoms with Crippen molar-refractivity contribution in [2.75, 3.05) is 6.61 Å². The lowest BCUT2D eigenvalue weighted by atomic mass is 10.1. The third-order valence-electron chi connectivity index (χ3n) is 2.66. The summed E-state index contributed by atoms with van der Waals surface area (Å²) in [5.41, 5.74) is 0.513. The van der Waals surface area contributed by atoms with Crippen LogP contribution in [0.25, 0.3) is 0 Å². The van der Waals surface area contributed by atoms with Gasteiger partial charge in [-0.1, -0.05) is 12.1 Å². The first-order valence-electron chi connectivity index (χ1n) is 5.98. The second kappa shape index (κ2) is 5.96. The molecule has 7 heteroatoms. The molecule has 7 nitrogen and oxygen atoms in total. The molecular weight excluding hydrogens is 262 g/mol. The van der Waals surface area contributed by atoms with Crippen LogP contribution in [0.15, 0.2) is 36.5 Å². The van der Waals surface area contributed by atoms with Crippen molar-refractivity contribution >= 4 is 11.6 Å². The number of ether oxygens (including phenoxy) is 1. The fraction of sp³-hybridized carbons (Fsp3) is 0.231. The average molecular weight is 275 g/mol. The fourth-order valence-electron chi connectivity index (χ4n) is 1.71. The number of carbonyl (C=O) groups excluding carboxylic acids is 1. The van der Waals surface area contributed by atoms with Gasteiger partial charge in [-0.2, -0.15) is 4.68 Å². The molecule has 0 aliphatic heterocycles. The molecule has 1 heterocycles. The second-order valence-corrected chi connectivity index (χ2v) is 4.09. The lowest BCUT2D eigenvalue weighted by Gasteiger charge is -2.08. The molecule has 20 heavy (non-hydrogen) atoms. The Hall–Kier alpha value is -2.70. The number of hydrogen-bond acceptors (Lipinski definition) is 5. The Morgan fingerprint density at radius 2 is 2.15 bits per heavy atom. The number of nitrogens with zero attached hydrogens (tertiary/aromatic N) is 3. The van der Waals surface area contributed by atoms with E-state index in [0.29, 0.717) is 17.9 Å². The Morgan fingerprint density at radius 3 is 2.80 bits per heavy atom. The van der Waals surface area contributed by atoms with Gasteiger partial charge in [-0.15, -0.1) is 0 Å². The number of nitro groups is 1. The summed E-state index contributed by atoms with van der Waals surface area (Å²) < 4.78 is 6.95. The van der Waals surface area contributed by atoms with Crippen LogP contribution in [-0.2, 0) is 6.54 Å². The summed E-state index contributed by atoms with van der Waals surface area (Å²) in [6.45, 7) is 2.10. The first kappa shape index (κ1) is 13.7. The molecular formula is C13H13N3O4. The monoisotopic (exact) mass is 275 g/mol. The van der Waals surface area contributed by atoms with Gasteiger partial charge >= 0.3 is 5.82 Å². The van der Waals surface area contributed by atoms with Gasteiger partial charge in [-0.05, 0) is 24.0 Å². The van der Waals surface area contributed by atoms with Crippen LogP contribution in [0.1, 0.15) is 17.3 Å². The Balaban J connectivity index is 1.96. The standard InChI is InChI=1S/C13H13N3O4/c1-10(17)11-4-2-3-5-12(11)20-9-8-15-7-6-13(14-15)16(18)19/h2-7H,8-9H2,1H3. The smallest absolute Gasteiger partial charge is 0.389 e. The van der Waals surface area contributed by atoms with Crippen LogP contribution in [0.5, 0.6) is 5.75 Å². The Bertz CT molecular complexity index is 636. The zero-order chi connectivity index (χ0) is 14.5. The molecule has 1 aromatic carbocycles. The van der Waals surface area contributed by atoms with E-state index in [9.17, 15) is 14.9 Å². The van der Waals surface area contributed by atoms with Crippen molar-refractivity contribution in [1.82, 2.24) is 9.78 Å². The molecule has 2 aromatic rings. The molecule has 0 spiro atoms. The summed E-state index contributed by atoms with van der Waals surface area (Å²) in [6, 6.07) is 8.27. The molecule has 0 amide bonds. The predicted octanol–water partition coefficient (Wildman–Crippen LogP) is 2.07. The molecule has 0 atom stereocenters. The first-order valence-corrected chi connectivity index (χ1v) is 5.98. The molecule has 0 saturated heterocycles. The van der Waals surface area contributed by atoms with Gasteiger partial charge < -0.3 is 14.9 Å². The van der Waals surface area contributed by atoms with Gasteiger partial charge in [-0.3, -0.25) is 4.79 Å². The maximum Gasteiger partial charge on any atom is 0.389 e. The van der Waals surface area contributed by atoms with Crippen molar-refractivity contribution in [1.29, 1.82) is 0 Å². The van der Waals surface area contributed by atoms with Gasteiger partial charge in [0.05, 0.1) is 29.5 Å². The number of carbonyl (C=O) groups is 1. The molecule has 0 aliphatic carbocycles. The van der Waals surface area contributed by atoms with E-state index < -0.39 is 4.92 Å². The Labute approximate surface area is 114 Å². The molecule has 0 radical (unpaired) electrons. The average Bonchev–Trinajstić information content (AvgIpc) is 2.88. The maximum absolute atomic E-state index is 11.4. The van der Waals surface area contributed by atoms with Crippen LogP contribution in [-0.4, -0.2) is 27.1 Å². The van der Waals surface area contributed by atoms with Gasteiger partial charge in [0.15, 0.2) is 5.78 Å². The quantitative estimate of drug-likeness (QED) is 0.457. The minimum atomic E-state index is -0.553. The van der Waals surface area contributed by atoms with E-state index in [1.807, 2.05) is 0 Å². The van der Waals surface area contributed by atoms with E-state index in [-0.39, 0.29) is 18.2 Å². The van der Waals surface area contributed by atoms with E-state index in [2.05, 4.69) is 5.10 Å². The SMILES string of the molecule is CC(=O)c1ccccc1OCCn1ccc([N+](=O)[O-])n1. The van der Waals surface area contributed by atoms with Crippen LogP contribution in [0.3, 0.4) is 0 Å². The van der Waals surface area contributed by atoms with Gasteiger partial charge in [0, 0.05) is 0 Å².